The van der Waals surface area contributed by atoms with Crippen LogP contribution < -0.4 is 0 Å². The number of amidine groups is 1. The topological polar surface area (TPSA) is 199 Å². The van der Waals surface area contributed by atoms with Crippen molar-refractivity contribution in [2.75, 3.05) is 64.7 Å². The monoisotopic (exact) mass is 496 g/mol. The first-order valence-electron chi connectivity index (χ1n) is 10.1. The second-order valence-electron chi connectivity index (χ2n) is 7.47. The maximum atomic E-state index is 11.8. The van der Waals surface area contributed by atoms with Gasteiger partial charge in [-0.15, -0.1) is 0 Å². The maximum Gasteiger partial charge on any atom is 0.326 e. The molecule has 32 heavy (non-hydrogen) atoms. The number of nitrogens with zero attached hydrogens (tertiary/aromatic N) is 6. The van der Waals surface area contributed by atoms with Crippen molar-refractivity contribution < 1.29 is 38.6 Å². The lowest BCUT2D eigenvalue weighted by Gasteiger charge is -2.29. The van der Waals surface area contributed by atoms with Crippen molar-refractivity contribution in [3.05, 3.63) is 0 Å². The summed E-state index contributed by atoms with van der Waals surface area (Å²) >= 11 is 0. The lowest BCUT2D eigenvalue weighted by molar-refractivity contribution is -0.117. The highest BCUT2D eigenvalue weighted by Gasteiger charge is 2.33. The molecule has 182 valence electrons. The minimum Gasteiger partial charge on any atom is -0.396 e. The molecule has 5 N–H and O–H groups in total. The summed E-state index contributed by atoms with van der Waals surface area (Å²) in [6.07, 6.45) is 2.44. The summed E-state index contributed by atoms with van der Waals surface area (Å²) in [5.41, 5.74) is 0. The number of aliphatic hydroxyl groups excluding tert-OH is 1. The fourth-order valence-corrected chi connectivity index (χ4v) is 4.26. The molecule has 0 saturated carbocycles. The van der Waals surface area contributed by atoms with Crippen LogP contribution in [-0.4, -0.2) is 135 Å². The van der Waals surface area contributed by atoms with Crippen LogP contribution in [-0.2, 0) is 13.9 Å². The molecule has 1 atom stereocenters. The first-order chi connectivity index (χ1) is 15.0. The van der Waals surface area contributed by atoms with Crippen LogP contribution in [0, 0.1) is 0 Å². The van der Waals surface area contributed by atoms with Gasteiger partial charge in [-0.2, -0.15) is 4.99 Å². The van der Waals surface area contributed by atoms with Crippen molar-refractivity contribution >= 4 is 39.6 Å². The molecule has 1 amide bonds. The molecule has 2 aliphatic heterocycles. The van der Waals surface area contributed by atoms with Gasteiger partial charge < -0.3 is 34.5 Å². The largest absolute Gasteiger partial charge is 0.396 e. The number of carbonyl (C=O) groups excluding carboxylic acids is 1. The highest BCUT2D eigenvalue weighted by Crippen LogP contribution is 2.34. The van der Waals surface area contributed by atoms with E-state index in [-0.39, 0.29) is 32.0 Å². The van der Waals surface area contributed by atoms with Crippen molar-refractivity contribution in [2.45, 2.75) is 12.5 Å². The summed E-state index contributed by atoms with van der Waals surface area (Å²) in [6, 6.07) is -0.759. The van der Waals surface area contributed by atoms with Crippen molar-refractivity contribution in [2.24, 2.45) is 15.0 Å². The predicted octanol–water partition coefficient (Wildman–Crippen LogP) is -1.99. The fraction of sp³-hybridized carbons (Fsp3) is 0.750. The molecule has 0 bridgehead atoms. The number of amides is 1. The number of rotatable bonds is 15. The summed E-state index contributed by atoms with van der Waals surface area (Å²) in [6.45, 7) is 2.15. The molecule has 0 aliphatic carbocycles. The summed E-state index contributed by atoms with van der Waals surface area (Å²) in [5.74, 6) is 0.0443. The Hall–Kier alpha value is -1.34. The fourth-order valence-electron chi connectivity index (χ4n) is 3.18. The molecular weight excluding hydrogens is 466 g/mol. The van der Waals surface area contributed by atoms with E-state index in [0.717, 1.165) is 0 Å². The lowest BCUT2D eigenvalue weighted by Crippen LogP contribution is -2.44. The molecule has 2 aliphatic rings. The van der Waals surface area contributed by atoms with Gasteiger partial charge in [0.05, 0.1) is 18.7 Å². The molecule has 1 unspecified atom stereocenters. The second kappa shape index (κ2) is 12.2. The molecule has 14 nitrogen and oxygen atoms in total. The number of hydrogen-bond donors (Lipinski definition) is 5. The van der Waals surface area contributed by atoms with Crippen LogP contribution in [0.1, 0.15) is 6.42 Å². The van der Waals surface area contributed by atoms with Gasteiger partial charge >= 0.3 is 15.2 Å². The average Bonchev–Trinajstić information content (AvgIpc) is 3.11. The van der Waals surface area contributed by atoms with E-state index in [1.54, 1.807) is 9.80 Å². The highest BCUT2D eigenvalue weighted by molar-refractivity contribution is 7.52. The normalized spacial score (nSPS) is 18.7. The van der Waals surface area contributed by atoms with Crippen LogP contribution in [0.15, 0.2) is 15.0 Å². The van der Waals surface area contributed by atoms with Crippen molar-refractivity contribution in [1.29, 1.82) is 0 Å². The Morgan fingerprint density at radius 1 is 0.938 bits per heavy atom. The van der Waals surface area contributed by atoms with Gasteiger partial charge in [0, 0.05) is 52.4 Å². The number of fused-ring (bicyclic) bond motifs is 1. The van der Waals surface area contributed by atoms with Gasteiger partial charge in [-0.25, -0.2) is 4.99 Å². The molecule has 0 spiro atoms. The molecule has 0 fully saturated rings. The van der Waals surface area contributed by atoms with E-state index in [0.29, 0.717) is 45.0 Å². The smallest absolute Gasteiger partial charge is 0.326 e. The van der Waals surface area contributed by atoms with Gasteiger partial charge in [-0.3, -0.25) is 23.8 Å². The van der Waals surface area contributed by atoms with E-state index in [2.05, 4.69) is 15.0 Å². The van der Waals surface area contributed by atoms with Crippen LogP contribution >= 0.6 is 15.2 Å². The molecule has 0 aromatic carbocycles. The van der Waals surface area contributed by atoms with Gasteiger partial charge in [0.2, 0.25) is 0 Å². The summed E-state index contributed by atoms with van der Waals surface area (Å²) < 4.78 is 22.6. The van der Waals surface area contributed by atoms with Gasteiger partial charge in [-0.1, -0.05) is 0 Å². The SMILES string of the molecule is O=C1N=CN=C2C1N=CN2CCN(CCN(CCCO)CCP(=O)(O)O)CCP(=O)(O)O. The zero-order valence-electron chi connectivity index (χ0n) is 17.5. The third-order valence-corrected chi connectivity index (χ3v) is 6.51. The first-order valence-corrected chi connectivity index (χ1v) is 13.7. The molecule has 2 rings (SSSR count). The predicted molar refractivity (Wildman–Crippen MR) is 118 cm³/mol. The maximum absolute atomic E-state index is 11.8. The van der Waals surface area contributed by atoms with Crippen LogP contribution in [0.5, 0.6) is 0 Å². The van der Waals surface area contributed by atoms with E-state index in [1.807, 2.05) is 4.90 Å². The third kappa shape index (κ3) is 9.65. The molecule has 0 aromatic heterocycles. The summed E-state index contributed by atoms with van der Waals surface area (Å²) in [4.78, 5) is 65.7. The van der Waals surface area contributed by atoms with Gasteiger partial charge in [0.15, 0.2) is 6.04 Å². The molecule has 0 saturated heterocycles. The summed E-state index contributed by atoms with van der Waals surface area (Å²) in [5, 5.41) is 9.07. The highest BCUT2D eigenvalue weighted by atomic mass is 31.2. The van der Waals surface area contributed by atoms with Crippen molar-refractivity contribution in [3.63, 3.8) is 0 Å². The van der Waals surface area contributed by atoms with Crippen LogP contribution in [0.4, 0.5) is 0 Å². The van der Waals surface area contributed by atoms with Gasteiger partial charge in [0.1, 0.15) is 12.2 Å². The Bertz CT molecular complexity index is 825. The molecule has 0 radical (unpaired) electrons. The van der Waals surface area contributed by atoms with E-state index < -0.39 is 27.1 Å². The minimum absolute atomic E-state index is 0.0616. The number of aliphatic hydroxyl groups is 1. The lowest BCUT2D eigenvalue weighted by atomic mass is 10.2. The molecule has 0 aromatic rings. The minimum atomic E-state index is -4.22. The van der Waals surface area contributed by atoms with Gasteiger partial charge in [-0.05, 0) is 6.42 Å². The van der Waals surface area contributed by atoms with Crippen molar-refractivity contribution in [1.82, 2.24) is 14.7 Å². The Labute approximate surface area is 185 Å². The zero-order valence-corrected chi connectivity index (χ0v) is 19.3. The van der Waals surface area contributed by atoms with Crippen molar-refractivity contribution in [3.8, 4) is 0 Å². The zero-order chi connectivity index (χ0) is 23.8. The molecule has 16 heteroatoms. The quantitative estimate of drug-likeness (QED) is 0.157. The molecule has 2 heterocycles. The Kier molecular flexibility index (Phi) is 10.3. The Balaban J connectivity index is 1.96. The molecular formula is C16H30N6O8P2. The van der Waals surface area contributed by atoms with E-state index in [1.165, 1.54) is 12.7 Å². The number of aliphatic imine (C=N–C) groups is 3. The average molecular weight is 496 g/mol. The summed E-state index contributed by atoms with van der Waals surface area (Å²) in [7, 11) is -8.39. The van der Waals surface area contributed by atoms with Crippen LogP contribution in [0.25, 0.3) is 0 Å². The standard InChI is InChI=1S/C16H30N6O8P2/c23-9-1-2-20(7-10-31(25,26)27)3-4-21(8-11-32(28,29)30)5-6-22-13-19-14-15(22)17-12-18-16(14)24/h12-14,23H,1-11H2,(H2,25,26,27)(H2,28,29,30). The first kappa shape index (κ1) is 26.9. The Morgan fingerprint density at radius 2 is 1.53 bits per heavy atom. The number of carbonyl (C=O) groups is 1. The number of hydrogen-bond acceptors (Lipinski definition) is 9. The van der Waals surface area contributed by atoms with Crippen LogP contribution in [0.2, 0.25) is 0 Å². The third-order valence-electron chi connectivity index (χ3n) is 4.94. The van der Waals surface area contributed by atoms with E-state index in [9.17, 15) is 23.7 Å². The van der Waals surface area contributed by atoms with E-state index in [4.69, 9.17) is 14.9 Å². The Morgan fingerprint density at radius 3 is 2.09 bits per heavy atom. The van der Waals surface area contributed by atoms with Gasteiger partial charge in [0.25, 0.3) is 5.91 Å². The van der Waals surface area contributed by atoms with E-state index >= 15 is 0 Å². The second-order valence-corrected chi connectivity index (χ2v) is 11.0. The van der Waals surface area contributed by atoms with Crippen LogP contribution in [0.3, 0.4) is 0 Å².